The Morgan fingerprint density at radius 2 is 1.89 bits per heavy atom. The minimum absolute atomic E-state index is 0.424. The highest BCUT2D eigenvalue weighted by molar-refractivity contribution is 5.79. The van der Waals surface area contributed by atoms with Crippen molar-refractivity contribution in [1.29, 1.82) is 0 Å². The van der Waals surface area contributed by atoms with Crippen LogP contribution in [0.5, 0.6) is 0 Å². The van der Waals surface area contributed by atoms with Gasteiger partial charge in [0.15, 0.2) is 0 Å². The molecule has 2 fully saturated rings. The van der Waals surface area contributed by atoms with E-state index < -0.39 is 0 Å². The van der Waals surface area contributed by atoms with Crippen LogP contribution in [-0.2, 0) is 0 Å². The Balaban J connectivity index is 1.78. The Morgan fingerprint density at radius 1 is 1.21 bits per heavy atom. The number of nitrogens with one attached hydrogen (secondary N) is 2. The third kappa shape index (κ3) is 4.66. The first-order valence-corrected chi connectivity index (χ1v) is 7.85. The van der Waals surface area contributed by atoms with Crippen molar-refractivity contribution in [2.24, 2.45) is 10.8 Å². The van der Waals surface area contributed by atoms with E-state index >= 15 is 0 Å². The molecule has 1 saturated carbocycles. The second-order valence-electron chi connectivity index (χ2n) is 5.82. The van der Waals surface area contributed by atoms with E-state index in [1.165, 1.54) is 51.7 Å². The van der Waals surface area contributed by atoms with Gasteiger partial charge in [-0.1, -0.05) is 19.8 Å². The van der Waals surface area contributed by atoms with E-state index in [0.29, 0.717) is 12.1 Å². The molecule has 0 radical (unpaired) electrons. The summed E-state index contributed by atoms with van der Waals surface area (Å²) in [7, 11) is 0. The topological polar surface area (TPSA) is 65.7 Å². The molecule has 4 N–H and O–H groups in total. The predicted octanol–water partition coefficient (Wildman–Crippen LogP) is 1.21. The lowest BCUT2D eigenvalue weighted by atomic mass is 10.1. The summed E-state index contributed by atoms with van der Waals surface area (Å²) in [5, 5.41) is 3.45. The first kappa shape index (κ1) is 14.6. The van der Waals surface area contributed by atoms with Crippen molar-refractivity contribution in [2.75, 3.05) is 19.6 Å². The summed E-state index contributed by atoms with van der Waals surface area (Å²) in [6, 6.07) is 0.989. The van der Waals surface area contributed by atoms with Crippen LogP contribution in [0.3, 0.4) is 0 Å². The van der Waals surface area contributed by atoms with E-state index in [2.05, 4.69) is 22.6 Å². The van der Waals surface area contributed by atoms with Crippen molar-refractivity contribution >= 4 is 5.96 Å². The summed E-state index contributed by atoms with van der Waals surface area (Å²) in [5.74, 6) is 6.38. The summed E-state index contributed by atoms with van der Waals surface area (Å²) in [4.78, 5) is 7.29. The van der Waals surface area contributed by atoms with Gasteiger partial charge in [-0.15, -0.1) is 0 Å². The largest absolute Gasteiger partial charge is 0.353 e. The van der Waals surface area contributed by atoms with Crippen LogP contribution in [0.4, 0.5) is 0 Å². The fourth-order valence-corrected chi connectivity index (χ4v) is 3.15. The summed E-state index contributed by atoms with van der Waals surface area (Å²) in [6.45, 7) is 5.80. The molecule has 1 aliphatic carbocycles. The second-order valence-corrected chi connectivity index (χ2v) is 5.82. The van der Waals surface area contributed by atoms with E-state index in [4.69, 9.17) is 10.8 Å². The van der Waals surface area contributed by atoms with Crippen LogP contribution in [0.25, 0.3) is 0 Å². The molecule has 5 nitrogen and oxygen atoms in total. The Labute approximate surface area is 117 Å². The second kappa shape index (κ2) is 7.70. The van der Waals surface area contributed by atoms with Crippen molar-refractivity contribution in [1.82, 2.24) is 15.6 Å². The van der Waals surface area contributed by atoms with Gasteiger partial charge in [0.05, 0.1) is 6.04 Å². The molecule has 0 aromatic heterocycles. The molecule has 1 saturated heterocycles. The molecular weight excluding hydrogens is 238 g/mol. The predicted molar refractivity (Wildman–Crippen MR) is 79.9 cm³/mol. The molecule has 0 amide bonds. The van der Waals surface area contributed by atoms with E-state index in [1.807, 2.05) is 0 Å². The van der Waals surface area contributed by atoms with Gasteiger partial charge in [0.2, 0.25) is 5.96 Å². The van der Waals surface area contributed by atoms with Crippen molar-refractivity contribution < 1.29 is 0 Å². The van der Waals surface area contributed by atoms with Gasteiger partial charge in [-0.05, 0) is 38.6 Å². The van der Waals surface area contributed by atoms with Crippen LogP contribution < -0.4 is 16.6 Å². The number of rotatable bonds is 4. The van der Waals surface area contributed by atoms with Gasteiger partial charge in [0.1, 0.15) is 0 Å². The monoisotopic (exact) mass is 267 g/mol. The van der Waals surface area contributed by atoms with E-state index in [-0.39, 0.29) is 0 Å². The van der Waals surface area contributed by atoms with Gasteiger partial charge >= 0.3 is 0 Å². The van der Waals surface area contributed by atoms with Gasteiger partial charge in [-0.25, -0.2) is 10.8 Å². The van der Waals surface area contributed by atoms with Crippen molar-refractivity contribution in [3.63, 3.8) is 0 Å². The maximum atomic E-state index is 5.59. The number of piperidine rings is 1. The number of nitrogens with zero attached hydrogens (tertiary/aromatic N) is 2. The molecule has 0 aromatic carbocycles. The number of hydrogen-bond donors (Lipinski definition) is 3. The number of hydrogen-bond acceptors (Lipinski definition) is 3. The van der Waals surface area contributed by atoms with Gasteiger partial charge in [0, 0.05) is 19.1 Å². The highest BCUT2D eigenvalue weighted by Crippen LogP contribution is 2.18. The zero-order valence-electron chi connectivity index (χ0n) is 12.2. The normalized spacial score (nSPS) is 23.8. The fourth-order valence-electron chi connectivity index (χ4n) is 3.15. The highest BCUT2D eigenvalue weighted by Gasteiger charge is 2.20. The zero-order chi connectivity index (χ0) is 13.5. The van der Waals surface area contributed by atoms with E-state index in [9.17, 15) is 0 Å². The average Bonchev–Trinajstić information content (AvgIpc) is 2.93. The Bertz CT molecular complexity index is 278. The van der Waals surface area contributed by atoms with Gasteiger partial charge in [-0.3, -0.25) is 5.43 Å². The molecule has 1 aliphatic heterocycles. The minimum atomic E-state index is 0.424. The molecule has 5 heteroatoms. The fraction of sp³-hybridized carbons (Fsp3) is 0.929. The van der Waals surface area contributed by atoms with E-state index in [0.717, 1.165) is 18.8 Å². The molecular formula is C14H29N5. The molecule has 0 unspecified atom stereocenters. The molecule has 2 rings (SSSR count). The molecule has 0 spiro atoms. The third-order valence-electron chi connectivity index (χ3n) is 4.24. The summed E-state index contributed by atoms with van der Waals surface area (Å²) in [5.41, 5.74) is 2.74. The first-order valence-electron chi connectivity index (χ1n) is 7.85. The number of hydrazine groups is 1. The molecule has 0 aromatic rings. The third-order valence-corrected chi connectivity index (χ3v) is 4.24. The smallest absolute Gasteiger partial charge is 0.206 e. The lowest BCUT2D eigenvalue weighted by Crippen LogP contribution is -2.47. The van der Waals surface area contributed by atoms with Crippen molar-refractivity contribution in [2.45, 2.75) is 64.0 Å². The molecule has 1 heterocycles. The summed E-state index contributed by atoms with van der Waals surface area (Å²) < 4.78 is 0. The summed E-state index contributed by atoms with van der Waals surface area (Å²) >= 11 is 0. The lowest BCUT2D eigenvalue weighted by Gasteiger charge is -2.30. The van der Waals surface area contributed by atoms with Crippen LogP contribution in [0, 0.1) is 0 Å². The average molecular weight is 267 g/mol. The number of likely N-dealkylation sites (tertiary alicyclic amines) is 1. The number of aliphatic imine (C=N–C) groups is 1. The number of nitrogens with two attached hydrogens (primary N) is 1. The SMILES string of the molecule is CCCN1CCC(N=C(NN)NC2CCCC2)CC1. The van der Waals surface area contributed by atoms with Crippen LogP contribution >= 0.6 is 0 Å². The van der Waals surface area contributed by atoms with Crippen LogP contribution in [-0.4, -0.2) is 42.6 Å². The van der Waals surface area contributed by atoms with Crippen molar-refractivity contribution in [3.05, 3.63) is 0 Å². The van der Waals surface area contributed by atoms with Gasteiger partial charge in [-0.2, -0.15) is 0 Å². The Kier molecular flexibility index (Phi) is 5.92. The minimum Gasteiger partial charge on any atom is -0.353 e. The van der Waals surface area contributed by atoms with Gasteiger partial charge in [0.25, 0.3) is 0 Å². The molecule has 19 heavy (non-hydrogen) atoms. The van der Waals surface area contributed by atoms with Crippen LogP contribution in [0.15, 0.2) is 4.99 Å². The lowest BCUT2D eigenvalue weighted by molar-refractivity contribution is 0.214. The molecule has 2 aliphatic rings. The zero-order valence-corrected chi connectivity index (χ0v) is 12.2. The quantitative estimate of drug-likeness (QED) is 0.310. The van der Waals surface area contributed by atoms with E-state index in [1.54, 1.807) is 0 Å². The first-order chi connectivity index (χ1) is 9.31. The molecule has 110 valence electrons. The maximum Gasteiger partial charge on any atom is 0.206 e. The molecule has 0 bridgehead atoms. The summed E-state index contributed by atoms with van der Waals surface area (Å²) in [6.07, 6.45) is 8.68. The highest BCUT2D eigenvalue weighted by atomic mass is 15.3. The van der Waals surface area contributed by atoms with Crippen LogP contribution in [0.2, 0.25) is 0 Å². The van der Waals surface area contributed by atoms with Gasteiger partial charge < -0.3 is 10.2 Å². The Hall–Kier alpha value is -0.810. The maximum absolute atomic E-state index is 5.59. The Morgan fingerprint density at radius 3 is 2.47 bits per heavy atom. The van der Waals surface area contributed by atoms with Crippen LogP contribution in [0.1, 0.15) is 51.9 Å². The number of guanidine groups is 1. The molecule has 0 atom stereocenters. The van der Waals surface area contributed by atoms with Crippen molar-refractivity contribution in [3.8, 4) is 0 Å². The standard InChI is InChI=1S/C14H29N5/c1-2-9-19-10-7-13(8-11-19)17-14(18-15)16-12-5-3-4-6-12/h12-13H,2-11,15H2,1H3,(H2,16,17,18).